The molecule has 0 aliphatic rings. The van der Waals surface area contributed by atoms with Gasteiger partial charge in [0.2, 0.25) is 0 Å². The normalized spacial score (nSPS) is 10.9. The third-order valence-corrected chi connectivity index (χ3v) is 4.44. The summed E-state index contributed by atoms with van der Waals surface area (Å²) in [6, 6.07) is 8.73. The van der Waals surface area contributed by atoms with E-state index in [9.17, 15) is 14.4 Å². The monoisotopic (exact) mass is 399 g/mol. The van der Waals surface area contributed by atoms with Crippen LogP contribution in [0.25, 0.3) is 0 Å². The van der Waals surface area contributed by atoms with E-state index < -0.39 is 11.5 Å². The van der Waals surface area contributed by atoms with Crippen molar-refractivity contribution in [2.24, 2.45) is 7.05 Å². The molecule has 0 bridgehead atoms. The minimum atomic E-state index is -0.475. The van der Waals surface area contributed by atoms with E-state index >= 15 is 0 Å². The van der Waals surface area contributed by atoms with Gasteiger partial charge in [0.25, 0.3) is 17.4 Å². The van der Waals surface area contributed by atoms with Crippen LogP contribution in [0, 0.1) is 6.92 Å². The fraction of sp³-hybridized carbons (Fsp3) is 0.409. The van der Waals surface area contributed by atoms with Crippen LogP contribution in [0.2, 0.25) is 0 Å². The topological polar surface area (TPSA) is 80.6 Å². The number of amides is 2. The predicted octanol–water partition coefficient (Wildman–Crippen LogP) is 2.97. The first-order chi connectivity index (χ1) is 13.6. The molecule has 1 aromatic heterocycles. The van der Waals surface area contributed by atoms with Gasteiger partial charge in [0.05, 0.1) is 5.56 Å². The summed E-state index contributed by atoms with van der Waals surface area (Å²) in [5.41, 5.74) is 1.07. The number of carbonyl (C=O) groups excluding carboxylic acids is 2. The molecule has 0 radical (unpaired) electrons. The molecule has 0 saturated heterocycles. The van der Waals surface area contributed by atoms with E-state index in [1.54, 1.807) is 24.1 Å². The Bertz CT molecular complexity index is 922. The van der Waals surface area contributed by atoms with E-state index in [4.69, 9.17) is 4.74 Å². The molecule has 0 atom stereocenters. The zero-order chi connectivity index (χ0) is 21.7. The van der Waals surface area contributed by atoms with Crippen LogP contribution in [0.3, 0.4) is 0 Å². The summed E-state index contributed by atoms with van der Waals surface area (Å²) in [5.74, 6) is -0.110. The lowest BCUT2D eigenvalue weighted by atomic mass is 10.1. The first-order valence-electron chi connectivity index (χ1n) is 9.62. The number of anilines is 1. The average molecular weight is 399 g/mol. The van der Waals surface area contributed by atoms with Gasteiger partial charge < -0.3 is 19.5 Å². The van der Waals surface area contributed by atoms with Crippen molar-refractivity contribution in [3.63, 3.8) is 0 Å². The number of nitrogens with zero attached hydrogens (tertiary/aromatic N) is 2. The minimum Gasteiger partial charge on any atom is -0.484 e. The molecule has 7 nitrogen and oxygen atoms in total. The van der Waals surface area contributed by atoms with E-state index in [2.05, 4.69) is 5.32 Å². The second kappa shape index (κ2) is 9.41. The molecule has 1 aromatic carbocycles. The average Bonchev–Trinajstić information content (AvgIpc) is 2.64. The van der Waals surface area contributed by atoms with Gasteiger partial charge in [-0.1, -0.05) is 17.7 Å². The zero-order valence-corrected chi connectivity index (χ0v) is 17.9. The van der Waals surface area contributed by atoms with Crippen molar-refractivity contribution < 1.29 is 14.3 Å². The highest BCUT2D eigenvalue weighted by molar-refractivity contribution is 5.97. The molecule has 29 heavy (non-hydrogen) atoms. The van der Waals surface area contributed by atoms with Gasteiger partial charge in [-0.15, -0.1) is 0 Å². The Kier molecular flexibility index (Phi) is 7.20. The maximum Gasteiger partial charge on any atom is 0.274 e. The SMILES string of the molecule is Cc1ccc(OCC(=O)Nc2cc(C(=O)N(C(C)C)C(C)C)cn(C)c2=O)cc1. The molecule has 1 heterocycles. The number of pyridine rings is 1. The number of carbonyl (C=O) groups is 2. The summed E-state index contributed by atoms with van der Waals surface area (Å²) in [6.45, 7) is 9.46. The lowest BCUT2D eigenvalue weighted by Crippen LogP contribution is -2.42. The van der Waals surface area contributed by atoms with Gasteiger partial charge >= 0.3 is 0 Å². The molecule has 0 fully saturated rings. The van der Waals surface area contributed by atoms with Crippen molar-refractivity contribution in [3.05, 3.63) is 58.0 Å². The van der Waals surface area contributed by atoms with Crippen LogP contribution in [-0.2, 0) is 11.8 Å². The van der Waals surface area contributed by atoms with Crippen LogP contribution in [0.5, 0.6) is 5.75 Å². The second-order valence-corrected chi connectivity index (χ2v) is 7.61. The molecule has 0 saturated carbocycles. The van der Waals surface area contributed by atoms with Crippen LogP contribution in [0.4, 0.5) is 5.69 Å². The van der Waals surface area contributed by atoms with Gasteiger partial charge in [0, 0.05) is 25.3 Å². The Labute approximate surface area is 171 Å². The van der Waals surface area contributed by atoms with E-state index in [0.717, 1.165) is 5.56 Å². The summed E-state index contributed by atoms with van der Waals surface area (Å²) < 4.78 is 6.74. The first-order valence-corrected chi connectivity index (χ1v) is 9.62. The largest absolute Gasteiger partial charge is 0.484 e. The summed E-state index contributed by atoms with van der Waals surface area (Å²) >= 11 is 0. The molecule has 156 valence electrons. The molecule has 0 aliphatic carbocycles. The highest BCUT2D eigenvalue weighted by Gasteiger charge is 2.23. The lowest BCUT2D eigenvalue weighted by Gasteiger charge is -2.31. The maximum atomic E-state index is 12.9. The summed E-state index contributed by atoms with van der Waals surface area (Å²) in [5, 5.41) is 2.56. The molecule has 0 aliphatic heterocycles. The molecule has 2 amide bonds. The third kappa shape index (κ3) is 5.70. The van der Waals surface area contributed by atoms with E-state index in [1.807, 2.05) is 46.8 Å². The fourth-order valence-electron chi connectivity index (χ4n) is 3.10. The molecule has 7 heteroatoms. The second-order valence-electron chi connectivity index (χ2n) is 7.61. The Morgan fingerprint density at radius 3 is 2.24 bits per heavy atom. The number of hydrogen-bond donors (Lipinski definition) is 1. The Morgan fingerprint density at radius 1 is 1.10 bits per heavy atom. The van der Waals surface area contributed by atoms with Gasteiger partial charge in [0.1, 0.15) is 11.4 Å². The summed E-state index contributed by atoms with van der Waals surface area (Å²) in [7, 11) is 1.55. The van der Waals surface area contributed by atoms with Crippen LogP contribution in [-0.4, -0.2) is 40.0 Å². The Morgan fingerprint density at radius 2 is 1.69 bits per heavy atom. The van der Waals surface area contributed by atoms with Gasteiger partial charge in [-0.25, -0.2) is 0 Å². The lowest BCUT2D eigenvalue weighted by molar-refractivity contribution is -0.118. The van der Waals surface area contributed by atoms with E-state index in [1.165, 1.54) is 16.8 Å². The number of rotatable bonds is 7. The smallest absolute Gasteiger partial charge is 0.274 e. The van der Waals surface area contributed by atoms with Gasteiger partial charge in [-0.2, -0.15) is 0 Å². The van der Waals surface area contributed by atoms with Gasteiger partial charge in [-0.05, 0) is 52.8 Å². The van der Waals surface area contributed by atoms with Crippen molar-refractivity contribution in [1.29, 1.82) is 0 Å². The standard InChI is InChI=1S/C22H29N3O4/c1-14(2)25(15(3)4)21(27)17-11-19(22(28)24(6)12-17)23-20(26)13-29-18-9-7-16(5)8-10-18/h7-12,14-15H,13H2,1-6H3,(H,23,26). The number of hydrogen-bond acceptors (Lipinski definition) is 4. The molecule has 0 spiro atoms. The van der Waals surface area contributed by atoms with Crippen molar-refractivity contribution in [2.75, 3.05) is 11.9 Å². The highest BCUT2D eigenvalue weighted by atomic mass is 16.5. The highest BCUT2D eigenvalue weighted by Crippen LogP contribution is 2.15. The maximum absolute atomic E-state index is 12.9. The quantitative estimate of drug-likeness (QED) is 0.776. The van der Waals surface area contributed by atoms with Crippen molar-refractivity contribution in [2.45, 2.75) is 46.7 Å². The van der Waals surface area contributed by atoms with Crippen molar-refractivity contribution in [1.82, 2.24) is 9.47 Å². The van der Waals surface area contributed by atoms with Crippen LogP contribution in [0.15, 0.2) is 41.3 Å². The van der Waals surface area contributed by atoms with Gasteiger partial charge in [0.15, 0.2) is 6.61 Å². The number of benzene rings is 1. The fourth-order valence-corrected chi connectivity index (χ4v) is 3.10. The van der Waals surface area contributed by atoms with E-state index in [0.29, 0.717) is 11.3 Å². The number of ether oxygens (including phenoxy) is 1. The number of nitrogens with one attached hydrogen (secondary N) is 1. The minimum absolute atomic E-state index is 0.000634. The predicted molar refractivity (Wildman–Crippen MR) is 113 cm³/mol. The van der Waals surface area contributed by atoms with Gasteiger partial charge in [-0.3, -0.25) is 14.4 Å². The Balaban J connectivity index is 2.18. The summed E-state index contributed by atoms with van der Waals surface area (Å²) in [4.78, 5) is 39.3. The molecule has 2 rings (SSSR count). The van der Waals surface area contributed by atoms with Crippen LogP contribution in [0.1, 0.15) is 43.6 Å². The molecule has 2 aromatic rings. The Hall–Kier alpha value is -3.09. The van der Waals surface area contributed by atoms with Crippen LogP contribution < -0.4 is 15.6 Å². The molecular formula is C22H29N3O4. The first kappa shape index (κ1) is 22.2. The molecular weight excluding hydrogens is 370 g/mol. The van der Waals surface area contributed by atoms with Crippen molar-refractivity contribution in [3.8, 4) is 5.75 Å². The third-order valence-electron chi connectivity index (χ3n) is 4.44. The van der Waals surface area contributed by atoms with Crippen molar-refractivity contribution >= 4 is 17.5 Å². The number of aryl methyl sites for hydroxylation is 2. The zero-order valence-electron chi connectivity index (χ0n) is 17.9. The molecule has 1 N–H and O–H groups in total. The van der Waals surface area contributed by atoms with E-state index in [-0.39, 0.29) is 30.3 Å². The molecule has 0 unspecified atom stereocenters. The number of aromatic nitrogens is 1. The van der Waals surface area contributed by atoms with Crippen LogP contribution >= 0.6 is 0 Å². The summed E-state index contributed by atoms with van der Waals surface area (Å²) in [6.07, 6.45) is 1.49.